The summed E-state index contributed by atoms with van der Waals surface area (Å²) in [6.45, 7) is 0. The summed E-state index contributed by atoms with van der Waals surface area (Å²) in [4.78, 5) is 9.90. The van der Waals surface area contributed by atoms with Crippen molar-refractivity contribution in [2.45, 2.75) is 15.7 Å². The Morgan fingerprint density at radius 1 is 1.15 bits per heavy atom. The van der Waals surface area contributed by atoms with Crippen molar-refractivity contribution in [1.29, 1.82) is 0 Å². The Labute approximate surface area is 126 Å². The van der Waals surface area contributed by atoms with Crippen LogP contribution in [0.4, 0.5) is 0 Å². The molecule has 20 heavy (non-hydrogen) atoms. The zero-order valence-electron chi connectivity index (χ0n) is 11.3. The van der Waals surface area contributed by atoms with Crippen LogP contribution in [0.5, 0.6) is 0 Å². The Balaban J connectivity index is 1.79. The molecule has 2 aromatic heterocycles. The van der Waals surface area contributed by atoms with Gasteiger partial charge in [-0.1, -0.05) is 12.1 Å². The van der Waals surface area contributed by atoms with Crippen LogP contribution in [0.3, 0.4) is 0 Å². The maximum atomic E-state index is 4.36. The van der Waals surface area contributed by atoms with Crippen LogP contribution in [0, 0.1) is 0 Å². The van der Waals surface area contributed by atoms with Gasteiger partial charge in [0.15, 0.2) is 5.65 Å². The molecule has 0 aliphatic rings. The van der Waals surface area contributed by atoms with Crippen molar-refractivity contribution in [3.05, 3.63) is 42.4 Å². The van der Waals surface area contributed by atoms with E-state index in [9.17, 15) is 0 Å². The average molecular weight is 302 g/mol. The molecular weight excluding hydrogens is 288 g/mol. The fourth-order valence-corrected chi connectivity index (χ4v) is 3.25. The summed E-state index contributed by atoms with van der Waals surface area (Å²) in [7, 11) is 1.89. The number of nitrogens with zero attached hydrogens (tertiary/aromatic N) is 4. The highest BCUT2D eigenvalue weighted by Crippen LogP contribution is 2.27. The molecule has 0 bridgehead atoms. The van der Waals surface area contributed by atoms with Crippen molar-refractivity contribution >= 4 is 34.6 Å². The highest BCUT2D eigenvalue weighted by atomic mass is 32.2. The number of benzene rings is 1. The maximum absolute atomic E-state index is 4.36. The van der Waals surface area contributed by atoms with E-state index in [2.05, 4.69) is 45.6 Å². The van der Waals surface area contributed by atoms with Crippen LogP contribution < -0.4 is 0 Å². The normalized spacial score (nSPS) is 11.1. The lowest BCUT2D eigenvalue weighted by Gasteiger charge is -2.03. The molecule has 2 heterocycles. The Hall–Kier alpha value is -1.53. The summed E-state index contributed by atoms with van der Waals surface area (Å²) < 4.78 is 1.77. The molecule has 0 saturated heterocycles. The Morgan fingerprint density at radius 2 is 1.95 bits per heavy atom. The fraction of sp³-hybridized carbons (Fsp3) is 0.214. The van der Waals surface area contributed by atoms with E-state index in [0.717, 1.165) is 21.8 Å². The van der Waals surface area contributed by atoms with Gasteiger partial charge in [0.1, 0.15) is 11.4 Å². The molecule has 3 aromatic rings. The minimum Gasteiger partial charge on any atom is -0.250 e. The minimum atomic E-state index is 0.875. The zero-order chi connectivity index (χ0) is 13.9. The molecule has 0 radical (unpaired) electrons. The monoisotopic (exact) mass is 302 g/mol. The van der Waals surface area contributed by atoms with E-state index in [1.165, 1.54) is 10.5 Å². The molecule has 102 valence electrons. The topological polar surface area (TPSA) is 43.6 Å². The first kappa shape index (κ1) is 13.5. The van der Waals surface area contributed by atoms with Gasteiger partial charge >= 0.3 is 0 Å². The largest absolute Gasteiger partial charge is 0.250 e. The molecule has 1 aromatic carbocycles. The van der Waals surface area contributed by atoms with Crippen LogP contribution in [0.25, 0.3) is 11.0 Å². The third-order valence-corrected chi connectivity index (χ3v) is 4.85. The fourth-order valence-electron chi connectivity index (χ4n) is 1.93. The molecule has 0 unspecified atom stereocenters. The van der Waals surface area contributed by atoms with E-state index in [1.807, 2.05) is 13.2 Å². The molecule has 4 nitrogen and oxygen atoms in total. The van der Waals surface area contributed by atoms with Crippen LogP contribution in [-0.4, -0.2) is 26.0 Å². The van der Waals surface area contributed by atoms with E-state index in [4.69, 9.17) is 0 Å². The molecule has 3 rings (SSSR count). The molecule has 0 fully saturated rings. The summed E-state index contributed by atoms with van der Waals surface area (Å²) in [6.07, 6.45) is 5.52. The second kappa shape index (κ2) is 5.85. The van der Waals surface area contributed by atoms with Gasteiger partial charge in [-0.2, -0.15) is 5.10 Å². The molecular formula is C14H14N4S2. The van der Waals surface area contributed by atoms with Crippen molar-refractivity contribution in [2.24, 2.45) is 7.05 Å². The standard InChI is InChI=1S/C14H14N4S2/c1-18-13-12(7-17-18)14(16-9-15-13)20-8-10-3-5-11(19-2)6-4-10/h3-7,9H,8H2,1-2H3. The van der Waals surface area contributed by atoms with Crippen molar-refractivity contribution in [3.63, 3.8) is 0 Å². The van der Waals surface area contributed by atoms with Gasteiger partial charge in [-0.25, -0.2) is 9.97 Å². The summed E-state index contributed by atoms with van der Waals surface area (Å²) in [5, 5.41) is 6.23. The quantitative estimate of drug-likeness (QED) is 0.546. The predicted molar refractivity (Wildman–Crippen MR) is 84.1 cm³/mol. The number of rotatable bonds is 4. The maximum Gasteiger partial charge on any atom is 0.162 e. The minimum absolute atomic E-state index is 0.875. The van der Waals surface area contributed by atoms with Gasteiger partial charge in [0.05, 0.1) is 11.6 Å². The lowest BCUT2D eigenvalue weighted by Crippen LogP contribution is -1.93. The zero-order valence-corrected chi connectivity index (χ0v) is 12.9. The van der Waals surface area contributed by atoms with E-state index in [1.54, 1.807) is 34.5 Å². The lowest BCUT2D eigenvalue weighted by atomic mass is 10.2. The van der Waals surface area contributed by atoms with Crippen molar-refractivity contribution in [2.75, 3.05) is 6.26 Å². The summed E-state index contributed by atoms with van der Waals surface area (Å²) >= 11 is 3.48. The molecule has 0 N–H and O–H groups in total. The van der Waals surface area contributed by atoms with Crippen LogP contribution >= 0.6 is 23.5 Å². The van der Waals surface area contributed by atoms with Crippen LogP contribution in [0.15, 0.2) is 46.7 Å². The molecule has 0 amide bonds. The second-order valence-corrected chi connectivity index (χ2v) is 6.16. The molecule has 6 heteroatoms. The van der Waals surface area contributed by atoms with Gasteiger partial charge in [0, 0.05) is 17.7 Å². The van der Waals surface area contributed by atoms with E-state index >= 15 is 0 Å². The van der Waals surface area contributed by atoms with Gasteiger partial charge in [-0.15, -0.1) is 23.5 Å². The molecule has 0 aliphatic carbocycles. The molecule has 0 spiro atoms. The summed E-state index contributed by atoms with van der Waals surface area (Å²) in [5.74, 6) is 0.898. The molecule has 0 saturated carbocycles. The van der Waals surface area contributed by atoms with Crippen molar-refractivity contribution in [3.8, 4) is 0 Å². The number of hydrogen-bond acceptors (Lipinski definition) is 5. The lowest BCUT2D eigenvalue weighted by molar-refractivity contribution is 0.784. The molecule has 0 atom stereocenters. The van der Waals surface area contributed by atoms with E-state index < -0.39 is 0 Å². The van der Waals surface area contributed by atoms with E-state index in [0.29, 0.717) is 0 Å². The highest BCUT2D eigenvalue weighted by Gasteiger charge is 2.08. The van der Waals surface area contributed by atoms with Gasteiger partial charge in [-0.05, 0) is 24.0 Å². The van der Waals surface area contributed by atoms with Crippen molar-refractivity contribution < 1.29 is 0 Å². The number of thioether (sulfide) groups is 2. The first-order chi connectivity index (χ1) is 9.78. The SMILES string of the molecule is CSc1ccc(CSc2ncnc3c2cnn3C)cc1. The van der Waals surface area contributed by atoms with Crippen LogP contribution in [0.1, 0.15) is 5.56 Å². The second-order valence-electron chi connectivity index (χ2n) is 4.32. The van der Waals surface area contributed by atoms with Crippen LogP contribution in [-0.2, 0) is 12.8 Å². The summed E-state index contributed by atoms with van der Waals surface area (Å²) in [6, 6.07) is 8.64. The van der Waals surface area contributed by atoms with Gasteiger partial charge in [0.25, 0.3) is 0 Å². The third kappa shape index (κ3) is 2.66. The number of aryl methyl sites for hydroxylation is 1. The Morgan fingerprint density at radius 3 is 2.70 bits per heavy atom. The average Bonchev–Trinajstić information content (AvgIpc) is 2.88. The number of aromatic nitrogens is 4. The highest BCUT2D eigenvalue weighted by molar-refractivity contribution is 7.98. The molecule has 0 aliphatic heterocycles. The first-order valence-electron chi connectivity index (χ1n) is 6.16. The first-order valence-corrected chi connectivity index (χ1v) is 8.37. The smallest absolute Gasteiger partial charge is 0.162 e. The number of fused-ring (bicyclic) bond motifs is 1. The van der Waals surface area contributed by atoms with Gasteiger partial charge < -0.3 is 0 Å². The van der Waals surface area contributed by atoms with Crippen LogP contribution in [0.2, 0.25) is 0 Å². The van der Waals surface area contributed by atoms with Gasteiger partial charge in [-0.3, -0.25) is 4.68 Å². The number of hydrogen-bond donors (Lipinski definition) is 0. The predicted octanol–water partition coefficient (Wildman–Crippen LogP) is 3.38. The summed E-state index contributed by atoms with van der Waals surface area (Å²) in [5.41, 5.74) is 2.17. The Kier molecular flexibility index (Phi) is 3.93. The Bertz CT molecular complexity index is 722. The van der Waals surface area contributed by atoms with Crippen molar-refractivity contribution in [1.82, 2.24) is 19.7 Å². The van der Waals surface area contributed by atoms with Gasteiger partial charge in [0.2, 0.25) is 0 Å². The third-order valence-electron chi connectivity index (χ3n) is 3.03. The van der Waals surface area contributed by atoms with E-state index in [-0.39, 0.29) is 0 Å².